The summed E-state index contributed by atoms with van der Waals surface area (Å²) in [6.07, 6.45) is 2.01. The lowest BCUT2D eigenvalue weighted by molar-refractivity contribution is 1.33. The van der Waals surface area contributed by atoms with Crippen molar-refractivity contribution in [2.24, 2.45) is 0 Å². The van der Waals surface area contributed by atoms with Crippen molar-refractivity contribution in [3.05, 3.63) is 90.1 Å². The van der Waals surface area contributed by atoms with Crippen molar-refractivity contribution < 1.29 is 0 Å². The first-order valence-electron chi connectivity index (χ1n) is 8.25. The van der Waals surface area contributed by atoms with Crippen LogP contribution < -0.4 is 0 Å². The Labute approximate surface area is 142 Å². The molecule has 0 aliphatic carbocycles. The molecule has 0 fully saturated rings. The zero-order chi connectivity index (χ0) is 16.5. The van der Waals surface area contributed by atoms with Gasteiger partial charge in [0.2, 0.25) is 0 Å². The zero-order valence-corrected chi connectivity index (χ0v) is 14.0. The third kappa shape index (κ3) is 2.48. The van der Waals surface area contributed by atoms with Crippen LogP contribution in [0.5, 0.6) is 0 Å². The van der Waals surface area contributed by atoms with E-state index in [-0.39, 0.29) is 0 Å². The molecule has 0 atom stereocenters. The predicted octanol–water partition coefficient (Wildman–Crippen LogP) is 6.19. The van der Waals surface area contributed by atoms with Crippen LogP contribution >= 0.6 is 0 Å². The van der Waals surface area contributed by atoms with E-state index in [4.69, 9.17) is 4.98 Å². The second-order valence-corrected chi connectivity index (χ2v) is 6.23. The van der Waals surface area contributed by atoms with Crippen molar-refractivity contribution in [1.82, 2.24) is 4.98 Å². The molecule has 0 unspecified atom stereocenters. The Kier molecular flexibility index (Phi) is 3.62. The van der Waals surface area contributed by atoms with E-state index in [0.29, 0.717) is 0 Å². The monoisotopic (exact) mass is 309 g/mol. The minimum absolute atomic E-state index is 1.03. The normalized spacial score (nSPS) is 10.9. The van der Waals surface area contributed by atoms with Crippen molar-refractivity contribution >= 4 is 10.9 Å². The van der Waals surface area contributed by atoms with Gasteiger partial charge in [0.05, 0.1) is 5.52 Å². The average molecular weight is 309 g/mol. The van der Waals surface area contributed by atoms with E-state index in [1.165, 1.54) is 38.8 Å². The Hall–Kier alpha value is -2.93. The quantitative estimate of drug-likeness (QED) is 0.430. The third-order valence-corrected chi connectivity index (χ3v) is 4.66. The topological polar surface area (TPSA) is 12.9 Å². The van der Waals surface area contributed by atoms with Crippen molar-refractivity contribution in [1.29, 1.82) is 0 Å². The maximum atomic E-state index is 4.70. The lowest BCUT2D eigenvalue weighted by Gasteiger charge is -2.14. The lowest BCUT2D eigenvalue weighted by atomic mass is 9.91. The summed E-state index contributed by atoms with van der Waals surface area (Å²) in [5, 5.41) is 1.19. The van der Waals surface area contributed by atoms with Gasteiger partial charge >= 0.3 is 0 Å². The van der Waals surface area contributed by atoms with E-state index in [0.717, 1.165) is 5.52 Å². The molecule has 1 nitrogen and oxygen atoms in total. The highest BCUT2D eigenvalue weighted by Gasteiger charge is 2.12. The smallest absolute Gasteiger partial charge is 0.0708 e. The number of rotatable bonds is 2. The van der Waals surface area contributed by atoms with Crippen molar-refractivity contribution in [2.45, 2.75) is 13.8 Å². The number of benzene rings is 3. The summed E-state index contributed by atoms with van der Waals surface area (Å²) in [4.78, 5) is 4.70. The maximum absolute atomic E-state index is 4.70. The number of aryl methyl sites for hydroxylation is 2. The number of fused-ring (bicyclic) bond motifs is 1. The standard InChI is InChI=1S/C23H19N/c1-16-12-13-19(14-17(16)2)21-15-24-22-11-7-6-10-20(22)23(21)18-8-4-3-5-9-18/h3-15H,1-2H3. The van der Waals surface area contributed by atoms with Gasteiger partial charge in [0.25, 0.3) is 0 Å². The summed E-state index contributed by atoms with van der Waals surface area (Å²) in [5.41, 5.74) is 8.53. The fourth-order valence-corrected chi connectivity index (χ4v) is 3.19. The summed E-state index contributed by atoms with van der Waals surface area (Å²) in [7, 11) is 0. The van der Waals surface area contributed by atoms with E-state index >= 15 is 0 Å². The summed E-state index contributed by atoms with van der Waals surface area (Å²) < 4.78 is 0. The number of hydrogen-bond donors (Lipinski definition) is 0. The SMILES string of the molecule is Cc1ccc(-c2cnc3ccccc3c2-c2ccccc2)cc1C. The Morgan fingerprint density at radius 1 is 0.667 bits per heavy atom. The fraction of sp³-hybridized carbons (Fsp3) is 0.0870. The van der Waals surface area contributed by atoms with Gasteiger partial charge in [0, 0.05) is 22.7 Å². The average Bonchev–Trinajstić information content (AvgIpc) is 2.64. The largest absolute Gasteiger partial charge is 0.256 e. The van der Waals surface area contributed by atoms with E-state index in [1.54, 1.807) is 0 Å². The zero-order valence-electron chi connectivity index (χ0n) is 14.0. The Morgan fingerprint density at radius 2 is 1.42 bits per heavy atom. The Bertz CT molecular complexity index is 1020. The number of pyridine rings is 1. The van der Waals surface area contributed by atoms with E-state index in [9.17, 15) is 0 Å². The van der Waals surface area contributed by atoms with Gasteiger partial charge in [-0.1, -0.05) is 66.7 Å². The van der Waals surface area contributed by atoms with Crippen LogP contribution in [0.4, 0.5) is 0 Å². The number of para-hydroxylation sites is 1. The molecule has 3 aromatic carbocycles. The van der Waals surface area contributed by atoms with Gasteiger partial charge in [-0.15, -0.1) is 0 Å². The molecule has 24 heavy (non-hydrogen) atoms. The van der Waals surface area contributed by atoms with Crippen molar-refractivity contribution in [3.8, 4) is 22.3 Å². The minimum atomic E-state index is 1.03. The van der Waals surface area contributed by atoms with Crippen LogP contribution in [0, 0.1) is 13.8 Å². The highest BCUT2D eigenvalue weighted by atomic mass is 14.7. The second kappa shape index (κ2) is 5.93. The van der Waals surface area contributed by atoms with E-state index < -0.39 is 0 Å². The molecule has 0 aliphatic heterocycles. The van der Waals surface area contributed by atoms with Gasteiger partial charge < -0.3 is 0 Å². The van der Waals surface area contributed by atoms with Crippen LogP contribution in [-0.4, -0.2) is 4.98 Å². The van der Waals surface area contributed by atoms with Crippen LogP contribution in [0.25, 0.3) is 33.2 Å². The van der Waals surface area contributed by atoms with E-state index in [2.05, 4.69) is 80.6 Å². The second-order valence-electron chi connectivity index (χ2n) is 6.23. The van der Waals surface area contributed by atoms with Crippen LogP contribution in [0.2, 0.25) is 0 Å². The number of aromatic nitrogens is 1. The summed E-state index contributed by atoms with van der Waals surface area (Å²) in [6.45, 7) is 4.31. The van der Waals surface area contributed by atoms with Gasteiger partial charge in [-0.05, 0) is 42.2 Å². The van der Waals surface area contributed by atoms with Gasteiger partial charge in [0.15, 0.2) is 0 Å². The van der Waals surface area contributed by atoms with Gasteiger partial charge in [-0.2, -0.15) is 0 Å². The number of nitrogens with zero attached hydrogens (tertiary/aromatic N) is 1. The highest BCUT2D eigenvalue weighted by Crippen LogP contribution is 2.37. The first kappa shape index (κ1) is 14.6. The van der Waals surface area contributed by atoms with Crippen LogP contribution in [0.1, 0.15) is 11.1 Å². The molecular weight excluding hydrogens is 290 g/mol. The maximum Gasteiger partial charge on any atom is 0.0708 e. The fourth-order valence-electron chi connectivity index (χ4n) is 3.19. The molecule has 0 N–H and O–H groups in total. The van der Waals surface area contributed by atoms with Crippen LogP contribution in [-0.2, 0) is 0 Å². The van der Waals surface area contributed by atoms with Crippen molar-refractivity contribution in [3.63, 3.8) is 0 Å². The Balaban J connectivity index is 2.07. The molecule has 1 heteroatoms. The number of hydrogen-bond acceptors (Lipinski definition) is 1. The summed E-state index contributed by atoms with van der Waals surface area (Å²) >= 11 is 0. The molecule has 0 saturated heterocycles. The molecular formula is C23H19N. The van der Waals surface area contributed by atoms with E-state index in [1.807, 2.05) is 12.3 Å². The molecule has 4 aromatic rings. The molecule has 0 bridgehead atoms. The summed E-state index contributed by atoms with van der Waals surface area (Å²) in [5.74, 6) is 0. The minimum Gasteiger partial charge on any atom is -0.256 e. The molecule has 0 radical (unpaired) electrons. The van der Waals surface area contributed by atoms with Gasteiger partial charge in [0.1, 0.15) is 0 Å². The van der Waals surface area contributed by atoms with Crippen LogP contribution in [0.15, 0.2) is 79.0 Å². The Morgan fingerprint density at radius 3 is 2.21 bits per heavy atom. The molecule has 1 aromatic heterocycles. The molecule has 0 saturated carbocycles. The molecule has 116 valence electrons. The molecule has 1 heterocycles. The first-order valence-corrected chi connectivity index (χ1v) is 8.25. The molecule has 4 rings (SSSR count). The summed E-state index contributed by atoms with van der Waals surface area (Å²) in [6, 6.07) is 25.6. The molecule has 0 amide bonds. The molecule has 0 aliphatic rings. The third-order valence-electron chi connectivity index (χ3n) is 4.66. The van der Waals surface area contributed by atoms with Crippen LogP contribution in [0.3, 0.4) is 0 Å². The lowest BCUT2D eigenvalue weighted by Crippen LogP contribution is -1.91. The molecule has 0 spiro atoms. The van der Waals surface area contributed by atoms with Gasteiger partial charge in [-0.25, -0.2) is 0 Å². The van der Waals surface area contributed by atoms with Gasteiger partial charge in [-0.3, -0.25) is 4.98 Å². The first-order chi connectivity index (χ1) is 11.7. The highest BCUT2D eigenvalue weighted by molar-refractivity contribution is 6.02. The van der Waals surface area contributed by atoms with Crippen molar-refractivity contribution in [2.75, 3.05) is 0 Å². The predicted molar refractivity (Wildman–Crippen MR) is 102 cm³/mol.